The van der Waals surface area contributed by atoms with Gasteiger partial charge in [0.15, 0.2) is 0 Å². The first-order valence-electron chi connectivity index (χ1n) is 5.79. The minimum Gasteiger partial charge on any atom is -0.481 e. The van der Waals surface area contributed by atoms with Crippen LogP contribution in [0.15, 0.2) is 6.20 Å². The fourth-order valence-electron chi connectivity index (χ4n) is 1.86. The highest BCUT2D eigenvalue weighted by molar-refractivity contribution is 7.15. The van der Waals surface area contributed by atoms with Crippen molar-refractivity contribution < 1.29 is 4.74 Å². The Kier molecular flexibility index (Phi) is 3.68. The minimum atomic E-state index is 0.305. The fourth-order valence-corrected chi connectivity index (χ4v) is 2.93. The molecule has 0 aliphatic rings. The molecule has 6 heteroatoms. The van der Waals surface area contributed by atoms with Gasteiger partial charge >= 0.3 is 0 Å². The van der Waals surface area contributed by atoms with Crippen molar-refractivity contribution in [3.05, 3.63) is 16.8 Å². The molecule has 0 bridgehead atoms. The van der Waals surface area contributed by atoms with Crippen molar-refractivity contribution >= 4 is 11.3 Å². The first-order chi connectivity index (χ1) is 8.58. The second-order valence-electron chi connectivity index (χ2n) is 4.17. The van der Waals surface area contributed by atoms with Crippen molar-refractivity contribution in [1.82, 2.24) is 20.1 Å². The van der Waals surface area contributed by atoms with Gasteiger partial charge < -0.3 is 10.1 Å². The third kappa shape index (κ3) is 2.13. The number of ether oxygens (including phenoxy) is 1. The van der Waals surface area contributed by atoms with Crippen molar-refractivity contribution in [3.8, 4) is 16.5 Å². The topological polar surface area (TPSA) is 52.0 Å². The Bertz CT molecular complexity index is 546. The molecule has 5 nitrogen and oxygen atoms in total. The van der Waals surface area contributed by atoms with E-state index in [9.17, 15) is 0 Å². The summed E-state index contributed by atoms with van der Waals surface area (Å²) in [6.07, 6.45) is 1.91. The number of nitrogens with one attached hydrogen (secondary N) is 1. The smallest absolute Gasteiger partial charge is 0.222 e. The number of hydrogen-bond donors (Lipinski definition) is 1. The van der Waals surface area contributed by atoms with Crippen LogP contribution in [-0.2, 0) is 7.05 Å². The van der Waals surface area contributed by atoms with Gasteiger partial charge in [-0.2, -0.15) is 5.10 Å². The van der Waals surface area contributed by atoms with Crippen molar-refractivity contribution in [1.29, 1.82) is 0 Å². The SMILES string of the molecule is CNC(C)c1cnc(-c2c(C)nn(C)c2OC)s1. The van der Waals surface area contributed by atoms with E-state index in [1.54, 1.807) is 23.1 Å². The number of methoxy groups -OCH3 is 1. The van der Waals surface area contributed by atoms with Crippen LogP contribution >= 0.6 is 11.3 Å². The third-order valence-electron chi connectivity index (χ3n) is 2.96. The zero-order chi connectivity index (χ0) is 13.3. The molecule has 1 unspecified atom stereocenters. The normalized spacial score (nSPS) is 12.7. The lowest BCUT2D eigenvalue weighted by Gasteiger charge is -2.05. The van der Waals surface area contributed by atoms with E-state index in [2.05, 4.69) is 22.3 Å². The molecule has 0 amide bonds. The highest BCUT2D eigenvalue weighted by atomic mass is 32.1. The molecule has 0 aromatic carbocycles. The highest BCUT2D eigenvalue weighted by Crippen LogP contribution is 2.36. The summed E-state index contributed by atoms with van der Waals surface area (Å²) >= 11 is 1.67. The minimum absolute atomic E-state index is 0.305. The molecule has 0 aliphatic carbocycles. The standard InChI is InChI=1S/C12H18N4OS/c1-7(13-3)9-6-14-11(18-9)10-8(2)15-16(4)12(10)17-5/h6-7,13H,1-5H3. The summed E-state index contributed by atoms with van der Waals surface area (Å²) in [7, 11) is 5.48. The molecule has 0 saturated heterocycles. The van der Waals surface area contributed by atoms with E-state index in [1.165, 1.54) is 4.88 Å². The molecule has 2 rings (SSSR count). The summed E-state index contributed by atoms with van der Waals surface area (Å²) in [5, 5.41) is 8.54. The molecular weight excluding hydrogens is 248 g/mol. The van der Waals surface area contributed by atoms with Crippen LogP contribution in [0.4, 0.5) is 0 Å². The maximum Gasteiger partial charge on any atom is 0.222 e. The summed E-state index contributed by atoms with van der Waals surface area (Å²) in [5.74, 6) is 0.755. The van der Waals surface area contributed by atoms with Gasteiger partial charge in [0.05, 0.1) is 18.4 Å². The Balaban J connectivity index is 2.46. The van der Waals surface area contributed by atoms with Crippen molar-refractivity contribution in [3.63, 3.8) is 0 Å². The number of thiazole rings is 1. The Morgan fingerprint density at radius 3 is 2.83 bits per heavy atom. The summed E-state index contributed by atoms with van der Waals surface area (Å²) in [4.78, 5) is 5.69. The average Bonchev–Trinajstić information content (AvgIpc) is 2.92. The van der Waals surface area contributed by atoms with Crippen molar-refractivity contribution in [2.24, 2.45) is 7.05 Å². The lowest BCUT2D eigenvalue weighted by Crippen LogP contribution is -2.10. The number of aryl methyl sites for hydroxylation is 2. The van der Waals surface area contributed by atoms with Gasteiger partial charge in [-0.25, -0.2) is 9.67 Å². The van der Waals surface area contributed by atoms with Crippen LogP contribution in [0.1, 0.15) is 23.5 Å². The van der Waals surface area contributed by atoms with E-state index < -0.39 is 0 Å². The fraction of sp³-hybridized carbons (Fsp3) is 0.500. The van der Waals surface area contributed by atoms with Gasteiger partial charge in [0.2, 0.25) is 5.88 Å². The van der Waals surface area contributed by atoms with E-state index in [0.29, 0.717) is 6.04 Å². The first-order valence-corrected chi connectivity index (χ1v) is 6.61. The number of aromatic nitrogens is 3. The molecule has 2 heterocycles. The summed E-state index contributed by atoms with van der Waals surface area (Å²) in [5.41, 5.74) is 1.92. The van der Waals surface area contributed by atoms with E-state index in [0.717, 1.165) is 22.1 Å². The van der Waals surface area contributed by atoms with Crippen LogP contribution in [-0.4, -0.2) is 28.9 Å². The zero-order valence-electron chi connectivity index (χ0n) is 11.3. The molecule has 2 aromatic rings. The second-order valence-corrected chi connectivity index (χ2v) is 5.23. The van der Waals surface area contributed by atoms with Gasteiger partial charge in [-0.05, 0) is 20.9 Å². The van der Waals surface area contributed by atoms with Crippen LogP contribution in [0.5, 0.6) is 5.88 Å². The van der Waals surface area contributed by atoms with Crippen molar-refractivity contribution in [2.45, 2.75) is 19.9 Å². The predicted molar refractivity (Wildman–Crippen MR) is 73.1 cm³/mol. The second kappa shape index (κ2) is 5.07. The first kappa shape index (κ1) is 13.0. The Hall–Kier alpha value is -1.40. The Morgan fingerprint density at radius 1 is 1.50 bits per heavy atom. The van der Waals surface area contributed by atoms with Gasteiger partial charge in [0, 0.05) is 24.2 Å². The lowest BCUT2D eigenvalue weighted by atomic mass is 10.2. The zero-order valence-corrected chi connectivity index (χ0v) is 12.1. The van der Waals surface area contributed by atoms with Crippen LogP contribution < -0.4 is 10.1 Å². The maximum atomic E-state index is 5.40. The van der Waals surface area contributed by atoms with E-state index in [-0.39, 0.29) is 0 Å². The molecule has 1 atom stereocenters. The summed E-state index contributed by atoms with van der Waals surface area (Å²) < 4.78 is 7.14. The monoisotopic (exact) mass is 266 g/mol. The maximum absolute atomic E-state index is 5.40. The molecule has 0 radical (unpaired) electrons. The molecule has 0 fully saturated rings. The number of rotatable bonds is 4. The summed E-state index contributed by atoms with van der Waals surface area (Å²) in [6, 6.07) is 0.305. The average molecular weight is 266 g/mol. The highest BCUT2D eigenvalue weighted by Gasteiger charge is 2.19. The Morgan fingerprint density at radius 2 is 2.22 bits per heavy atom. The van der Waals surface area contributed by atoms with E-state index >= 15 is 0 Å². The van der Waals surface area contributed by atoms with Crippen LogP contribution in [0.25, 0.3) is 10.6 Å². The van der Waals surface area contributed by atoms with Gasteiger partial charge in [-0.3, -0.25) is 0 Å². The molecule has 18 heavy (non-hydrogen) atoms. The molecule has 1 N–H and O–H groups in total. The van der Waals surface area contributed by atoms with Gasteiger partial charge in [0.25, 0.3) is 0 Å². The summed E-state index contributed by atoms with van der Waals surface area (Å²) in [6.45, 7) is 4.09. The Labute approximate surface area is 111 Å². The van der Waals surface area contributed by atoms with E-state index in [1.807, 2.05) is 27.2 Å². The lowest BCUT2D eigenvalue weighted by molar-refractivity contribution is 0.375. The molecule has 0 saturated carbocycles. The predicted octanol–water partition coefficient (Wildman–Crippen LogP) is 2.14. The molecule has 2 aromatic heterocycles. The van der Waals surface area contributed by atoms with Crippen molar-refractivity contribution in [2.75, 3.05) is 14.2 Å². The molecule has 0 aliphatic heterocycles. The van der Waals surface area contributed by atoms with E-state index in [4.69, 9.17) is 4.74 Å². The van der Waals surface area contributed by atoms with Crippen LogP contribution in [0.3, 0.4) is 0 Å². The molecule has 98 valence electrons. The van der Waals surface area contributed by atoms with Crippen LogP contribution in [0.2, 0.25) is 0 Å². The van der Waals surface area contributed by atoms with Gasteiger partial charge in [0.1, 0.15) is 5.01 Å². The number of hydrogen-bond acceptors (Lipinski definition) is 5. The number of nitrogens with zero attached hydrogens (tertiary/aromatic N) is 3. The third-order valence-corrected chi connectivity index (χ3v) is 4.16. The van der Waals surface area contributed by atoms with Crippen LogP contribution in [0, 0.1) is 6.92 Å². The van der Waals surface area contributed by atoms with Gasteiger partial charge in [-0.1, -0.05) is 0 Å². The molecule has 0 spiro atoms. The molecular formula is C12H18N4OS. The largest absolute Gasteiger partial charge is 0.481 e. The quantitative estimate of drug-likeness (QED) is 0.921. The van der Waals surface area contributed by atoms with Gasteiger partial charge in [-0.15, -0.1) is 11.3 Å².